The lowest BCUT2D eigenvalue weighted by molar-refractivity contribution is -0.140. The first kappa shape index (κ1) is 22.3. The van der Waals surface area contributed by atoms with E-state index in [1.54, 1.807) is 0 Å². The molecule has 0 spiro atoms. The molecule has 8 nitrogen and oxygen atoms in total. The van der Waals surface area contributed by atoms with E-state index in [0.717, 1.165) is 18.4 Å². The summed E-state index contributed by atoms with van der Waals surface area (Å²) in [6.07, 6.45) is 1.18. The number of ketones is 1. The number of carboxylic acids is 1. The van der Waals surface area contributed by atoms with Crippen molar-refractivity contribution in [2.45, 2.75) is 50.8 Å². The number of hydrogen-bond donors (Lipinski definition) is 3. The molecule has 0 saturated heterocycles. The second-order valence-corrected chi connectivity index (χ2v) is 6.96. The number of benzene rings is 1. The molecule has 9 heteroatoms. The first-order valence-corrected chi connectivity index (χ1v) is 9.48. The monoisotopic (exact) mass is 408 g/mol. The Hall–Kier alpha value is -2.97. The Morgan fingerprint density at radius 1 is 1.14 bits per heavy atom. The van der Waals surface area contributed by atoms with Gasteiger partial charge < -0.3 is 20.5 Å². The average molecular weight is 408 g/mol. The molecular formula is C20H25FN2O6. The Kier molecular flexibility index (Phi) is 8.57. The Bertz CT molecular complexity index is 727. The highest BCUT2D eigenvalue weighted by Crippen LogP contribution is 2.25. The number of hydrogen-bond acceptors (Lipinski definition) is 5. The van der Waals surface area contributed by atoms with Gasteiger partial charge >= 0.3 is 12.1 Å². The number of Topliss-reactive ketones (excluding diaryl/α,β-unsaturated/α-hetero) is 1. The van der Waals surface area contributed by atoms with Crippen LogP contribution in [-0.2, 0) is 25.7 Å². The smallest absolute Gasteiger partial charge is 0.407 e. The minimum atomic E-state index is -1.43. The molecule has 0 bridgehead atoms. The Morgan fingerprint density at radius 3 is 2.48 bits per heavy atom. The fourth-order valence-corrected chi connectivity index (χ4v) is 3.33. The number of amides is 2. The Morgan fingerprint density at radius 2 is 1.83 bits per heavy atom. The van der Waals surface area contributed by atoms with Crippen molar-refractivity contribution in [3.63, 3.8) is 0 Å². The third-order valence-corrected chi connectivity index (χ3v) is 4.83. The van der Waals surface area contributed by atoms with Crippen molar-refractivity contribution >= 4 is 23.8 Å². The maximum Gasteiger partial charge on any atom is 0.407 e. The SMILES string of the molecule is O=C(O)CC(NC(=O)[C@H]1CCCC[C@@H]1NC(=O)OCc1ccccc1)C(=O)CF. The van der Waals surface area contributed by atoms with Gasteiger partial charge in [0, 0.05) is 6.04 Å². The van der Waals surface area contributed by atoms with E-state index >= 15 is 0 Å². The molecule has 0 radical (unpaired) electrons. The Labute approximate surface area is 167 Å². The minimum Gasteiger partial charge on any atom is -0.481 e. The molecule has 0 heterocycles. The lowest BCUT2D eigenvalue weighted by Crippen LogP contribution is -2.52. The molecular weight excluding hydrogens is 383 g/mol. The lowest BCUT2D eigenvalue weighted by Gasteiger charge is -2.31. The highest BCUT2D eigenvalue weighted by Gasteiger charge is 2.34. The summed E-state index contributed by atoms with van der Waals surface area (Å²) >= 11 is 0. The van der Waals surface area contributed by atoms with Crippen LogP contribution < -0.4 is 10.6 Å². The van der Waals surface area contributed by atoms with Crippen LogP contribution in [0.4, 0.5) is 9.18 Å². The molecule has 2 rings (SSSR count). The van der Waals surface area contributed by atoms with Crippen LogP contribution in [0.25, 0.3) is 0 Å². The summed E-state index contributed by atoms with van der Waals surface area (Å²) in [5.74, 6) is -3.55. The second-order valence-electron chi connectivity index (χ2n) is 6.96. The van der Waals surface area contributed by atoms with E-state index in [1.807, 2.05) is 30.3 Å². The molecule has 0 aromatic heterocycles. The van der Waals surface area contributed by atoms with Crippen molar-refractivity contribution in [2.24, 2.45) is 5.92 Å². The molecule has 1 saturated carbocycles. The molecule has 3 N–H and O–H groups in total. The zero-order valence-corrected chi connectivity index (χ0v) is 15.9. The molecule has 1 aromatic carbocycles. The van der Waals surface area contributed by atoms with Crippen LogP contribution in [0.2, 0.25) is 0 Å². The van der Waals surface area contributed by atoms with Crippen molar-refractivity contribution in [3.05, 3.63) is 35.9 Å². The predicted molar refractivity (Wildman–Crippen MR) is 101 cm³/mol. The van der Waals surface area contributed by atoms with Crippen LogP contribution in [-0.4, -0.2) is 47.6 Å². The van der Waals surface area contributed by atoms with Crippen LogP contribution in [0.3, 0.4) is 0 Å². The van der Waals surface area contributed by atoms with Crippen LogP contribution >= 0.6 is 0 Å². The number of carbonyl (C=O) groups excluding carboxylic acids is 3. The van der Waals surface area contributed by atoms with Crippen LogP contribution in [0, 0.1) is 5.92 Å². The van der Waals surface area contributed by atoms with E-state index < -0.39 is 54.8 Å². The standard InChI is InChI=1S/C20H25FN2O6/c21-11-17(24)16(10-18(25)26)22-19(27)14-8-4-5-9-15(14)23-20(28)29-12-13-6-2-1-3-7-13/h1-3,6-7,14-16H,4-5,8-12H2,(H,22,27)(H,23,28)(H,25,26)/t14-,15-,16?/m0/s1. The minimum absolute atomic E-state index is 0.0853. The quantitative estimate of drug-likeness (QED) is 0.574. The summed E-state index contributed by atoms with van der Waals surface area (Å²) < 4.78 is 17.9. The Balaban J connectivity index is 1.94. The summed E-state index contributed by atoms with van der Waals surface area (Å²) in [6, 6.07) is 7.17. The van der Waals surface area contributed by atoms with Gasteiger partial charge in [-0.1, -0.05) is 43.2 Å². The van der Waals surface area contributed by atoms with Gasteiger partial charge in [0.15, 0.2) is 5.78 Å². The number of ether oxygens (including phenoxy) is 1. The lowest BCUT2D eigenvalue weighted by atomic mass is 9.83. The number of halogens is 1. The normalized spacial score (nSPS) is 19.6. The third kappa shape index (κ3) is 7.17. The highest BCUT2D eigenvalue weighted by atomic mass is 19.1. The van der Waals surface area contributed by atoms with Crippen LogP contribution in [0.1, 0.15) is 37.7 Å². The number of alkyl carbamates (subject to hydrolysis) is 1. The van der Waals surface area contributed by atoms with Gasteiger partial charge in [-0.2, -0.15) is 0 Å². The van der Waals surface area contributed by atoms with E-state index in [9.17, 15) is 23.6 Å². The van der Waals surface area contributed by atoms with E-state index in [2.05, 4.69) is 10.6 Å². The summed E-state index contributed by atoms with van der Waals surface area (Å²) in [4.78, 5) is 47.2. The fraction of sp³-hybridized carbons (Fsp3) is 0.500. The maximum atomic E-state index is 12.7. The van der Waals surface area contributed by atoms with Crippen molar-refractivity contribution in [3.8, 4) is 0 Å². The summed E-state index contributed by atoms with van der Waals surface area (Å²) in [6.45, 7) is -1.28. The van der Waals surface area contributed by atoms with E-state index in [-0.39, 0.29) is 6.61 Å². The summed E-state index contributed by atoms with van der Waals surface area (Å²) in [5, 5.41) is 13.9. The predicted octanol–water partition coefficient (Wildman–Crippen LogP) is 1.97. The van der Waals surface area contributed by atoms with E-state index in [0.29, 0.717) is 12.8 Å². The summed E-state index contributed by atoms with van der Waals surface area (Å²) in [7, 11) is 0. The largest absolute Gasteiger partial charge is 0.481 e. The number of carboxylic acid groups (broad SMARTS) is 1. The molecule has 1 unspecified atom stereocenters. The number of carbonyl (C=O) groups is 4. The number of nitrogens with one attached hydrogen (secondary N) is 2. The molecule has 1 aliphatic carbocycles. The number of aliphatic carboxylic acids is 1. The molecule has 2 amide bonds. The zero-order valence-electron chi connectivity index (χ0n) is 15.9. The topological polar surface area (TPSA) is 122 Å². The maximum absolute atomic E-state index is 12.7. The van der Waals surface area contributed by atoms with E-state index in [4.69, 9.17) is 9.84 Å². The highest BCUT2D eigenvalue weighted by molar-refractivity contribution is 5.93. The van der Waals surface area contributed by atoms with Crippen molar-refractivity contribution in [2.75, 3.05) is 6.67 Å². The van der Waals surface area contributed by atoms with Crippen molar-refractivity contribution in [1.82, 2.24) is 10.6 Å². The van der Waals surface area contributed by atoms with Gasteiger partial charge in [0.1, 0.15) is 19.3 Å². The van der Waals surface area contributed by atoms with E-state index in [1.165, 1.54) is 0 Å². The molecule has 3 atom stereocenters. The molecule has 0 aliphatic heterocycles. The molecule has 1 aliphatic rings. The fourth-order valence-electron chi connectivity index (χ4n) is 3.33. The molecule has 1 fully saturated rings. The van der Waals surface area contributed by atoms with Gasteiger partial charge in [0.2, 0.25) is 5.91 Å². The summed E-state index contributed by atoms with van der Waals surface area (Å²) in [5.41, 5.74) is 0.821. The first-order valence-electron chi connectivity index (χ1n) is 9.48. The van der Waals surface area contributed by atoms with Gasteiger partial charge in [0.25, 0.3) is 0 Å². The van der Waals surface area contributed by atoms with Gasteiger partial charge in [-0.15, -0.1) is 0 Å². The van der Waals surface area contributed by atoms with Gasteiger partial charge in [-0.05, 0) is 18.4 Å². The van der Waals surface area contributed by atoms with Gasteiger partial charge in [0.05, 0.1) is 12.3 Å². The molecule has 29 heavy (non-hydrogen) atoms. The van der Waals surface area contributed by atoms with Crippen LogP contribution in [0.5, 0.6) is 0 Å². The van der Waals surface area contributed by atoms with Crippen molar-refractivity contribution in [1.29, 1.82) is 0 Å². The van der Waals surface area contributed by atoms with Crippen molar-refractivity contribution < 1.29 is 33.4 Å². The number of alkyl halides is 1. The average Bonchev–Trinajstić information content (AvgIpc) is 2.72. The zero-order chi connectivity index (χ0) is 21.2. The molecule has 158 valence electrons. The number of rotatable bonds is 9. The van der Waals surface area contributed by atoms with Gasteiger partial charge in [-0.3, -0.25) is 14.4 Å². The van der Waals surface area contributed by atoms with Crippen LogP contribution in [0.15, 0.2) is 30.3 Å². The first-order chi connectivity index (χ1) is 13.9. The second kappa shape index (κ2) is 11.1. The third-order valence-electron chi connectivity index (χ3n) is 4.83. The molecule has 1 aromatic rings. The van der Waals surface area contributed by atoms with Gasteiger partial charge in [-0.25, -0.2) is 9.18 Å².